The van der Waals surface area contributed by atoms with Gasteiger partial charge in [-0.3, -0.25) is 0 Å². The highest BCUT2D eigenvalue weighted by Gasteiger charge is 2.25. The summed E-state index contributed by atoms with van der Waals surface area (Å²) in [7, 11) is 0. The van der Waals surface area contributed by atoms with Crippen LogP contribution in [0.2, 0.25) is 0 Å². The third-order valence-electron chi connectivity index (χ3n) is 2.43. The van der Waals surface area contributed by atoms with Crippen LogP contribution in [0.15, 0.2) is 0 Å². The molecule has 1 unspecified atom stereocenters. The smallest absolute Gasteiger partial charge is 0.0151 e. The Morgan fingerprint density at radius 1 is 1.40 bits per heavy atom. The van der Waals surface area contributed by atoms with Gasteiger partial charge in [0.15, 0.2) is 0 Å². The van der Waals surface area contributed by atoms with E-state index in [9.17, 15) is 0 Å². The van der Waals surface area contributed by atoms with Crippen LogP contribution in [0.5, 0.6) is 0 Å². The molecule has 0 aromatic carbocycles. The first-order chi connectivity index (χ1) is 4.56. The topological polar surface area (TPSA) is 0 Å². The predicted molar refractivity (Wildman–Crippen MR) is 51.7 cm³/mol. The average molecular weight is 160 g/mol. The van der Waals surface area contributed by atoms with Gasteiger partial charge in [-0.1, -0.05) is 34.1 Å². The molecule has 0 radical (unpaired) electrons. The number of hydrogen-bond donors (Lipinski definition) is 0. The van der Waals surface area contributed by atoms with Crippen molar-refractivity contribution in [1.82, 2.24) is 0 Å². The van der Waals surface area contributed by atoms with E-state index in [-0.39, 0.29) is 0 Å². The van der Waals surface area contributed by atoms with Gasteiger partial charge in [0.05, 0.1) is 0 Å². The van der Waals surface area contributed by atoms with Gasteiger partial charge in [-0.25, -0.2) is 0 Å². The average Bonchev–Trinajstić information content (AvgIpc) is 1.88. The predicted octanol–water partition coefficient (Wildman–Crippen LogP) is 3.56. The van der Waals surface area contributed by atoms with Gasteiger partial charge in [-0.05, 0) is 18.6 Å². The Kier molecular flexibility index (Phi) is 4.42. The molecule has 0 aromatic rings. The van der Waals surface area contributed by atoms with E-state index in [1.54, 1.807) is 0 Å². The Hall–Kier alpha value is 0.350. The van der Waals surface area contributed by atoms with Crippen molar-refractivity contribution < 1.29 is 0 Å². The third kappa shape index (κ3) is 2.53. The molecule has 62 valence electrons. The van der Waals surface area contributed by atoms with Crippen molar-refractivity contribution in [2.24, 2.45) is 5.92 Å². The SMILES string of the molecule is CCCC(C)(SC)C(C)C. The minimum atomic E-state index is 0.509. The van der Waals surface area contributed by atoms with Gasteiger partial charge in [0, 0.05) is 4.75 Å². The Balaban J connectivity index is 3.94. The van der Waals surface area contributed by atoms with Crippen molar-refractivity contribution in [3.05, 3.63) is 0 Å². The quantitative estimate of drug-likeness (QED) is 0.606. The first-order valence-electron chi connectivity index (χ1n) is 4.12. The Bertz CT molecular complexity index is 88.7. The van der Waals surface area contributed by atoms with Crippen molar-refractivity contribution in [3.8, 4) is 0 Å². The van der Waals surface area contributed by atoms with Gasteiger partial charge in [-0.15, -0.1) is 0 Å². The van der Waals surface area contributed by atoms with Crippen LogP contribution in [-0.2, 0) is 0 Å². The zero-order valence-corrected chi connectivity index (χ0v) is 8.72. The minimum Gasteiger partial charge on any atom is -0.159 e. The molecule has 0 fully saturated rings. The fraction of sp³-hybridized carbons (Fsp3) is 1.00. The van der Waals surface area contributed by atoms with Crippen molar-refractivity contribution in [2.75, 3.05) is 6.26 Å². The van der Waals surface area contributed by atoms with Crippen LogP contribution in [0.25, 0.3) is 0 Å². The Morgan fingerprint density at radius 2 is 1.90 bits per heavy atom. The molecule has 0 nitrogen and oxygen atoms in total. The summed E-state index contributed by atoms with van der Waals surface area (Å²) in [5.74, 6) is 0.794. The highest BCUT2D eigenvalue weighted by atomic mass is 32.2. The number of thioether (sulfide) groups is 1. The zero-order chi connectivity index (χ0) is 8.20. The summed E-state index contributed by atoms with van der Waals surface area (Å²) in [6.07, 6.45) is 4.86. The first-order valence-corrected chi connectivity index (χ1v) is 5.34. The Morgan fingerprint density at radius 3 is 2.00 bits per heavy atom. The second-order valence-corrected chi connectivity index (χ2v) is 4.76. The highest BCUT2D eigenvalue weighted by molar-refractivity contribution is 7.99. The van der Waals surface area contributed by atoms with E-state index in [1.807, 2.05) is 11.8 Å². The molecule has 10 heavy (non-hydrogen) atoms. The summed E-state index contributed by atoms with van der Waals surface area (Å²) < 4.78 is 0.509. The lowest BCUT2D eigenvalue weighted by Gasteiger charge is -2.31. The van der Waals surface area contributed by atoms with Crippen molar-refractivity contribution in [2.45, 2.75) is 45.3 Å². The molecule has 0 aliphatic rings. The van der Waals surface area contributed by atoms with Gasteiger partial charge in [0.2, 0.25) is 0 Å². The molecular formula is C9H20S. The second kappa shape index (κ2) is 4.27. The van der Waals surface area contributed by atoms with Crippen LogP contribution in [0.4, 0.5) is 0 Å². The van der Waals surface area contributed by atoms with Crippen molar-refractivity contribution >= 4 is 11.8 Å². The normalized spacial score (nSPS) is 17.4. The van der Waals surface area contributed by atoms with E-state index < -0.39 is 0 Å². The summed E-state index contributed by atoms with van der Waals surface area (Å²) in [4.78, 5) is 0. The summed E-state index contributed by atoms with van der Waals surface area (Å²) in [6.45, 7) is 9.25. The maximum atomic E-state index is 2.37. The van der Waals surface area contributed by atoms with Gasteiger partial charge in [0.25, 0.3) is 0 Å². The first kappa shape index (κ1) is 10.3. The van der Waals surface area contributed by atoms with E-state index in [2.05, 4.69) is 34.0 Å². The zero-order valence-electron chi connectivity index (χ0n) is 7.90. The fourth-order valence-corrected chi connectivity index (χ4v) is 2.00. The fourth-order valence-electron chi connectivity index (χ4n) is 1.12. The molecule has 0 saturated heterocycles. The molecule has 1 heteroatoms. The molecule has 0 aliphatic carbocycles. The lowest BCUT2D eigenvalue weighted by molar-refractivity contribution is 0.435. The lowest BCUT2D eigenvalue weighted by atomic mass is 9.92. The molecule has 0 saturated carbocycles. The van der Waals surface area contributed by atoms with E-state index in [0.29, 0.717) is 4.75 Å². The van der Waals surface area contributed by atoms with Crippen LogP contribution >= 0.6 is 11.8 Å². The van der Waals surface area contributed by atoms with Gasteiger partial charge in [0.1, 0.15) is 0 Å². The molecule has 0 spiro atoms. The van der Waals surface area contributed by atoms with Crippen LogP contribution in [-0.4, -0.2) is 11.0 Å². The van der Waals surface area contributed by atoms with Gasteiger partial charge < -0.3 is 0 Å². The standard InChI is InChI=1S/C9H20S/c1-6-7-9(4,10-5)8(2)3/h8H,6-7H2,1-5H3. The molecule has 0 N–H and O–H groups in total. The van der Waals surface area contributed by atoms with E-state index in [4.69, 9.17) is 0 Å². The number of rotatable bonds is 4. The third-order valence-corrected chi connectivity index (χ3v) is 4.04. The molecule has 1 atom stereocenters. The van der Waals surface area contributed by atoms with Crippen LogP contribution in [0.3, 0.4) is 0 Å². The highest BCUT2D eigenvalue weighted by Crippen LogP contribution is 2.34. The largest absolute Gasteiger partial charge is 0.159 e. The molecule has 0 heterocycles. The van der Waals surface area contributed by atoms with E-state index >= 15 is 0 Å². The van der Waals surface area contributed by atoms with Crippen molar-refractivity contribution in [1.29, 1.82) is 0 Å². The molecule has 0 rings (SSSR count). The minimum absolute atomic E-state index is 0.509. The summed E-state index contributed by atoms with van der Waals surface area (Å²) in [5.41, 5.74) is 0. The van der Waals surface area contributed by atoms with Crippen LogP contribution < -0.4 is 0 Å². The summed E-state index contributed by atoms with van der Waals surface area (Å²) >= 11 is 2.00. The lowest BCUT2D eigenvalue weighted by Crippen LogP contribution is -2.26. The Labute approximate surface area is 69.8 Å². The molecule has 0 aliphatic heterocycles. The number of hydrogen-bond acceptors (Lipinski definition) is 1. The molecule has 0 bridgehead atoms. The molecule has 0 aromatic heterocycles. The van der Waals surface area contributed by atoms with Crippen LogP contribution in [0.1, 0.15) is 40.5 Å². The van der Waals surface area contributed by atoms with E-state index in [0.717, 1.165) is 5.92 Å². The van der Waals surface area contributed by atoms with Gasteiger partial charge in [-0.2, -0.15) is 11.8 Å². The summed E-state index contributed by atoms with van der Waals surface area (Å²) in [5, 5.41) is 0. The van der Waals surface area contributed by atoms with Crippen molar-refractivity contribution in [3.63, 3.8) is 0 Å². The monoisotopic (exact) mass is 160 g/mol. The maximum Gasteiger partial charge on any atom is 0.0151 e. The molecular weight excluding hydrogens is 140 g/mol. The van der Waals surface area contributed by atoms with Gasteiger partial charge >= 0.3 is 0 Å². The van der Waals surface area contributed by atoms with Crippen LogP contribution in [0, 0.1) is 5.92 Å². The maximum absolute atomic E-state index is 2.37. The van der Waals surface area contributed by atoms with E-state index in [1.165, 1.54) is 12.8 Å². The summed E-state index contributed by atoms with van der Waals surface area (Å²) in [6, 6.07) is 0. The second-order valence-electron chi connectivity index (χ2n) is 3.42. The molecule has 0 amide bonds.